The summed E-state index contributed by atoms with van der Waals surface area (Å²) in [7, 11) is 0. The van der Waals surface area contributed by atoms with Crippen molar-refractivity contribution in [2.45, 2.75) is 26.4 Å². The van der Waals surface area contributed by atoms with Crippen LogP contribution in [0.15, 0.2) is 90.0 Å². The minimum atomic E-state index is -0.646. The predicted octanol–water partition coefficient (Wildman–Crippen LogP) is 6.06. The Balaban J connectivity index is 1.69. The van der Waals surface area contributed by atoms with Crippen molar-refractivity contribution in [1.29, 1.82) is 5.26 Å². The molecular weight excluding hydrogens is 452 g/mol. The third-order valence-electron chi connectivity index (χ3n) is 5.46. The van der Waals surface area contributed by atoms with Crippen molar-refractivity contribution in [3.8, 4) is 11.8 Å². The van der Waals surface area contributed by atoms with Crippen LogP contribution in [0.4, 0.5) is 0 Å². The first kappa shape index (κ1) is 23.2. The zero-order chi connectivity index (χ0) is 24.1. The predicted molar refractivity (Wildman–Crippen MR) is 129 cm³/mol. The first-order chi connectivity index (χ1) is 16.5. The molecule has 0 radical (unpaired) electrons. The van der Waals surface area contributed by atoms with Gasteiger partial charge in [-0.1, -0.05) is 41.9 Å². The molecule has 7 heteroatoms. The van der Waals surface area contributed by atoms with E-state index in [9.17, 15) is 10.1 Å². The third kappa shape index (κ3) is 4.70. The van der Waals surface area contributed by atoms with Crippen LogP contribution in [0, 0.1) is 11.3 Å². The number of ether oxygens (including phenoxy) is 3. The number of nitrogens with zero attached hydrogens (tertiary/aromatic N) is 2. The molecule has 0 saturated carbocycles. The second-order valence-electron chi connectivity index (χ2n) is 7.60. The van der Waals surface area contributed by atoms with Gasteiger partial charge >= 0.3 is 5.97 Å². The fourth-order valence-corrected chi connectivity index (χ4v) is 4.03. The summed E-state index contributed by atoms with van der Waals surface area (Å²) >= 11 is 6.21. The third-order valence-corrected chi connectivity index (χ3v) is 5.83. The van der Waals surface area contributed by atoms with Crippen LogP contribution in [0.1, 0.15) is 30.9 Å². The molecule has 34 heavy (non-hydrogen) atoms. The van der Waals surface area contributed by atoms with E-state index in [4.69, 9.17) is 25.8 Å². The van der Waals surface area contributed by atoms with Gasteiger partial charge in [-0.2, -0.15) is 5.26 Å². The summed E-state index contributed by atoms with van der Waals surface area (Å²) in [5.74, 6) is 0.241. The fourth-order valence-electron chi connectivity index (χ4n) is 3.84. The number of nitriles is 1. The first-order valence-electron chi connectivity index (χ1n) is 10.8. The number of halogens is 1. The van der Waals surface area contributed by atoms with E-state index in [0.29, 0.717) is 40.2 Å². The average molecular weight is 475 g/mol. The van der Waals surface area contributed by atoms with Gasteiger partial charge in [0, 0.05) is 23.0 Å². The van der Waals surface area contributed by atoms with Crippen molar-refractivity contribution in [1.82, 2.24) is 4.57 Å². The summed E-state index contributed by atoms with van der Waals surface area (Å²) in [4.78, 5) is 12.9. The molecule has 2 heterocycles. The monoisotopic (exact) mass is 474 g/mol. The van der Waals surface area contributed by atoms with E-state index < -0.39 is 11.9 Å². The van der Waals surface area contributed by atoms with E-state index in [0.717, 1.165) is 11.1 Å². The summed E-state index contributed by atoms with van der Waals surface area (Å²) in [5.41, 5.74) is 2.25. The molecule has 0 amide bonds. The van der Waals surface area contributed by atoms with Crippen LogP contribution in [-0.2, 0) is 20.9 Å². The quantitative estimate of drug-likeness (QED) is 0.389. The molecule has 0 saturated heterocycles. The van der Waals surface area contributed by atoms with Crippen molar-refractivity contribution < 1.29 is 19.0 Å². The molecule has 1 aliphatic rings. The van der Waals surface area contributed by atoms with Gasteiger partial charge in [-0.15, -0.1) is 0 Å². The average Bonchev–Trinajstić information content (AvgIpc) is 3.38. The normalized spacial score (nSPS) is 15.5. The van der Waals surface area contributed by atoms with Crippen molar-refractivity contribution in [2.24, 2.45) is 0 Å². The topological polar surface area (TPSA) is 73.5 Å². The fraction of sp³-hybridized carbons (Fsp3) is 0.185. The number of carbonyl (C=O) groups excluding carboxylic acids is 1. The Kier molecular flexibility index (Phi) is 7.05. The van der Waals surface area contributed by atoms with E-state index >= 15 is 0 Å². The smallest absolute Gasteiger partial charge is 0.338 e. The van der Waals surface area contributed by atoms with Crippen LogP contribution in [0.25, 0.3) is 5.88 Å². The number of carbonyl (C=O) groups is 1. The molecule has 0 aliphatic carbocycles. The second kappa shape index (κ2) is 10.3. The van der Waals surface area contributed by atoms with Crippen molar-refractivity contribution >= 4 is 23.5 Å². The maximum Gasteiger partial charge on any atom is 0.338 e. The molecule has 0 spiro atoms. The minimum absolute atomic E-state index is 0.215. The zero-order valence-corrected chi connectivity index (χ0v) is 19.6. The van der Waals surface area contributed by atoms with Gasteiger partial charge in [0.15, 0.2) is 0 Å². The Morgan fingerprint density at radius 3 is 2.47 bits per heavy atom. The number of allylic oxidation sites excluding steroid dienone is 2. The maximum atomic E-state index is 12.9. The number of rotatable bonds is 7. The van der Waals surface area contributed by atoms with Crippen molar-refractivity contribution in [2.75, 3.05) is 6.61 Å². The van der Waals surface area contributed by atoms with Crippen LogP contribution in [0.3, 0.4) is 0 Å². The number of aromatic nitrogens is 1. The molecule has 1 aromatic heterocycles. The lowest BCUT2D eigenvalue weighted by Gasteiger charge is -2.28. The van der Waals surface area contributed by atoms with E-state index in [-0.39, 0.29) is 6.61 Å². The Hall–Kier alpha value is -3.95. The lowest BCUT2D eigenvalue weighted by molar-refractivity contribution is -0.139. The number of benzene rings is 2. The van der Waals surface area contributed by atoms with Gasteiger partial charge in [-0.25, -0.2) is 4.79 Å². The Morgan fingerprint density at radius 2 is 1.82 bits per heavy atom. The van der Waals surface area contributed by atoms with Crippen LogP contribution < -0.4 is 4.74 Å². The second-order valence-corrected chi connectivity index (χ2v) is 8.00. The van der Waals surface area contributed by atoms with Gasteiger partial charge in [-0.3, -0.25) is 4.57 Å². The van der Waals surface area contributed by atoms with Gasteiger partial charge in [0.25, 0.3) is 0 Å². The van der Waals surface area contributed by atoms with Gasteiger partial charge < -0.3 is 14.2 Å². The Labute approximate surface area is 203 Å². The lowest BCUT2D eigenvalue weighted by atomic mass is 9.83. The summed E-state index contributed by atoms with van der Waals surface area (Å²) in [6.45, 7) is 3.99. The molecule has 2 aromatic carbocycles. The zero-order valence-electron chi connectivity index (χ0n) is 18.8. The van der Waals surface area contributed by atoms with E-state index in [2.05, 4.69) is 6.07 Å². The van der Waals surface area contributed by atoms with E-state index in [1.807, 2.05) is 60.7 Å². The molecule has 0 bridgehead atoms. The molecule has 0 fully saturated rings. The van der Waals surface area contributed by atoms with Gasteiger partial charge in [0.1, 0.15) is 29.8 Å². The molecule has 4 rings (SSSR count). The van der Waals surface area contributed by atoms with Gasteiger partial charge in [0.2, 0.25) is 5.88 Å². The molecule has 6 nitrogen and oxygen atoms in total. The van der Waals surface area contributed by atoms with Crippen LogP contribution in [0.5, 0.6) is 5.75 Å². The first-order valence-corrected chi connectivity index (χ1v) is 11.2. The highest BCUT2D eigenvalue weighted by Crippen LogP contribution is 2.42. The SMILES string of the molecule is CCOC(=O)C1=C(C)OC(n2cccc2)=C(C#N)C1c1ccc(OCc2ccccc2Cl)cc1. The van der Waals surface area contributed by atoms with Crippen molar-refractivity contribution in [3.05, 3.63) is 106 Å². The van der Waals surface area contributed by atoms with Gasteiger partial charge in [-0.05, 0) is 49.7 Å². The largest absolute Gasteiger partial charge is 0.489 e. The summed E-state index contributed by atoms with van der Waals surface area (Å²) < 4.78 is 18.9. The number of esters is 1. The molecule has 1 atom stereocenters. The highest BCUT2D eigenvalue weighted by Gasteiger charge is 2.37. The highest BCUT2D eigenvalue weighted by atomic mass is 35.5. The molecule has 0 N–H and O–H groups in total. The van der Waals surface area contributed by atoms with Crippen LogP contribution in [0.2, 0.25) is 5.02 Å². The van der Waals surface area contributed by atoms with E-state index in [1.54, 1.807) is 30.8 Å². The Morgan fingerprint density at radius 1 is 1.12 bits per heavy atom. The Bertz CT molecular complexity index is 1280. The summed E-state index contributed by atoms with van der Waals surface area (Å²) in [6, 6.07) is 20.7. The standard InChI is InChI=1S/C27H23ClN2O4/c1-3-32-27(31)24-18(2)34-26(30-14-6-7-15-30)22(16-29)25(24)19-10-12-21(13-11-19)33-17-20-8-4-5-9-23(20)28/h4-15,25H,3,17H2,1-2H3. The highest BCUT2D eigenvalue weighted by molar-refractivity contribution is 6.31. The summed E-state index contributed by atoms with van der Waals surface area (Å²) in [5, 5.41) is 10.7. The van der Waals surface area contributed by atoms with Gasteiger partial charge in [0.05, 0.1) is 18.1 Å². The molecule has 3 aromatic rings. The number of hydrogen-bond acceptors (Lipinski definition) is 5. The van der Waals surface area contributed by atoms with Crippen LogP contribution in [-0.4, -0.2) is 17.1 Å². The summed E-state index contributed by atoms with van der Waals surface area (Å²) in [6.07, 6.45) is 3.58. The van der Waals surface area contributed by atoms with Crippen LogP contribution >= 0.6 is 11.6 Å². The molecular formula is C27H23ClN2O4. The maximum absolute atomic E-state index is 12.9. The van der Waals surface area contributed by atoms with E-state index in [1.165, 1.54) is 0 Å². The lowest BCUT2D eigenvalue weighted by Crippen LogP contribution is -2.24. The molecule has 1 aliphatic heterocycles. The molecule has 172 valence electrons. The number of hydrogen-bond donors (Lipinski definition) is 0. The van der Waals surface area contributed by atoms with Crippen molar-refractivity contribution in [3.63, 3.8) is 0 Å². The molecule has 1 unspecified atom stereocenters. The minimum Gasteiger partial charge on any atom is -0.489 e.